The Bertz CT molecular complexity index is 719. The van der Waals surface area contributed by atoms with Crippen molar-refractivity contribution in [2.75, 3.05) is 40.4 Å². The molecule has 1 aromatic rings. The van der Waals surface area contributed by atoms with Crippen LogP contribution in [0.4, 0.5) is 0 Å². The van der Waals surface area contributed by atoms with Gasteiger partial charge in [-0.15, -0.1) is 0 Å². The second kappa shape index (κ2) is 10.1. The molecule has 0 aliphatic rings. The predicted molar refractivity (Wildman–Crippen MR) is 103 cm³/mol. The standard InChI is InChI=1S/C17H29N3O5S/c1-12(7-8-26(6,21)22)20-17(18-2)19-11-13-9-15(24-4)16(25-5)10-14(13)23-3/h9-10,12H,7-8,11H2,1-6H3,(H2,18,19,20). The van der Waals surface area contributed by atoms with E-state index in [1.54, 1.807) is 34.4 Å². The van der Waals surface area contributed by atoms with E-state index in [-0.39, 0.29) is 11.8 Å². The quantitative estimate of drug-likeness (QED) is 0.485. The average Bonchev–Trinajstić information content (AvgIpc) is 2.61. The van der Waals surface area contributed by atoms with Gasteiger partial charge in [-0.05, 0) is 19.4 Å². The van der Waals surface area contributed by atoms with E-state index in [0.29, 0.717) is 36.2 Å². The molecule has 0 bridgehead atoms. The fourth-order valence-electron chi connectivity index (χ4n) is 2.30. The lowest BCUT2D eigenvalue weighted by Gasteiger charge is -2.19. The van der Waals surface area contributed by atoms with Crippen molar-refractivity contribution in [3.05, 3.63) is 17.7 Å². The van der Waals surface area contributed by atoms with Gasteiger partial charge in [0.25, 0.3) is 0 Å². The molecule has 0 aliphatic heterocycles. The maximum Gasteiger partial charge on any atom is 0.191 e. The van der Waals surface area contributed by atoms with Gasteiger partial charge in [0.1, 0.15) is 15.6 Å². The maximum absolute atomic E-state index is 11.3. The first kappa shape index (κ1) is 21.9. The highest BCUT2D eigenvalue weighted by molar-refractivity contribution is 7.90. The second-order valence-corrected chi connectivity index (χ2v) is 8.17. The summed E-state index contributed by atoms with van der Waals surface area (Å²) in [5.41, 5.74) is 0.872. The van der Waals surface area contributed by atoms with Crippen LogP contribution in [0.3, 0.4) is 0 Å². The van der Waals surface area contributed by atoms with Crippen molar-refractivity contribution in [1.82, 2.24) is 10.6 Å². The molecule has 0 saturated carbocycles. The number of benzene rings is 1. The Morgan fingerprint density at radius 2 is 1.69 bits per heavy atom. The summed E-state index contributed by atoms with van der Waals surface area (Å²) in [5, 5.41) is 6.37. The van der Waals surface area contributed by atoms with Gasteiger partial charge in [-0.1, -0.05) is 0 Å². The van der Waals surface area contributed by atoms with E-state index in [9.17, 15) is 8.42 Å². The van der Waals surface area contributed by atoms with E-state index >= 15 is 0 Å². The summed E-state index contributed by atoms with van der Waals surface area (Å²) in [7, 11) is 3.41. The van der Waals surface area contributed by atoms with E-state index in [0.717, 1.165) is 5.56 Å². The fraction of sp³-hybridized carbons (Fsp3) is 0.588. The molecule has 0 aliphatic carbocycles. The molecule has 2 N–H and O–H groups in total. The van der Waals surface area contributed by atoms with Crippen molar-refractivity contribution in [2.24, 2.45) is 4.99 Å². The largest absolute Gasteiger partial charge is 0.496 e. The molecule has 0 fully saturated rings. The average molecular weight is 388 g/mol. The van der Waals surface area contributed by atoms with E-state index in [1.165, 1.54) is 6.26 Å². The van der Waals surface area contributed by atoms with Gasteiger partial charge < -0.3 is 24.8 Å². The molecule has 1 atom stereocenters. The summed E-state index contributed by atoms with van der Waals surface area (Å²) in [6, 6.07) is 3.56. The van der Waals surface area contributed by atoms with Crippen LogP contribution in [0.1, 0.15) is 18.9 Å². The summed E-state index contributed by atoms with van der Waals surface area (Å²) in [4.78, 5) is 4.17. The van der Waals surface area contributed by atoms with Gasteiger partial charge in [-0.2, -0.15) is 0 Å². The predicted octanol–water partition coefficient (Wildman–Crippen LogP) is 1.20. The van der Waals surface area contributed by atoms with E-state index in [1.807, 2.05) is 13.0 Å². The molecule has 1 aromatic carbocycles. The molecule has 0 amide bonds. The summed E-state index contributed by atoms with van der Waals surface area (Å²) in [5.74, 6) is 2.56. The van der Waals surface area contributed by atoms with Crippen LogP contribution in [0.15, 0.2) is 17.1 Å². The van der Waals surface area contributed by atoms with E-state index in [2.05, 4.69) is 15.6 Å². The lowest BCUT2D eigenvalue weighted by molar-refractivity contribution is 0.347. The lowest BCUT2D eigenvalue weighted by Crippen LogP contribution is -2.42. The molecule has 8 nitrogen and oxygen atoms in total. The molecule has 26 heavy (non-hydrogen) atoms. The SMILES string of the molecule is CN=C(NCc1cc(OC)c(OC)cc1OC)NC(C)CCS(C)(=O)=O. The Kier molecular flexibility index (Phi) is 8.50. The minimum absolute atomic E-state index is 0.0387. The molecular weight excluding hydrogens is 358 g/mol. The molecule has 0 heterocycles. The first-order valence-corrected chi connectivity index (χ1v) is 10.2. The van der Waals surface area contributed by atoms with Gasteiger partial charge in [-0.25, -0.2) is 8.42 Å². The number of aliphatic imine (C=N–C) groups is 1. The van der Waals surface area contributed by atoms with Crippen molar-refractivity contribution in [3.63, 3.8) is 0 Å². The Morgan fingerprint density at radius 1 is 1.12 bits per heavy atom. The monoisotopic (exact) mass is 387 g/mol. The van der Waals surface area contributed by atoms with Crippen LogP contribution in [0.5, 0.6) is 17.2 Å². The third-order valence-corrected chi connectivity index (χ3v) is 4.74. The number of guanidine groups is 1. The number of sulfone groups is 1. The first-order chi connectivity index (χ1) is 12.2. The zero-order chi connectivity index (χ0) is 19.7. The van der Waals surface area contributed by atoms with Gasteiger partial charge in [0, 0.05) is 37.5 Å². The van der Waals surface area contributed by atoms with Gasteiger partial charge in [0.05, 0.1) is 27.1 Å². The molecule has 0 spiro atoms. The highest BCUT2D eigenvalue weighted by Crippen LogP contribution is 2.34. The topological polar surface area (TPSA) is 98.2 Å². The van der Waals surface area contributed by atoms with Crippen molar-refractivity contribution in [2.45, 2.75) is 25.9 Å². The third kappa shape index (κ3) is 6.99. The summed E-state index contributed by atoms with van der Waals surface area (Å²) in [6.45, 7) is 2.36. The highest BCUT2D eigenvalue weighted by atomic mass is 32.2. The zero-order valence-corrected chi connectivity index (χ0v) is 17.1. The van der Waals surface area contributed by atoms with E-state index in [4.69, 9.17) is 14.2 Å². The van der Waals surface area contributed by atoms with Crippen LogP contribution in [0.2, 0.25) is 0 Å². The Morgan fingerprint density at radius 3 is 2.19 bits per heavy atom. The van der Waals surface area contributed by atoms with Crippen LogP contribution in [-0.2, 0) is 16.4 Å². The molecule has 0 saturated heterocycles. The van der Waals surface area contributed by atoms with Crippen LogP contribution < -0.4 is 24.8 Å². The summed E-state index contributed by atoms with van der Waals surface area (Å²) in [6.07, 6.45) is 1.73. The van der Waals surface area contributed by atoms with Crippen molar-refractivity contribution in [1.29, 1.82) is 0 Å². The molecular formula is C17H29N3O5S. The zero-order valence-electron chi connectivity index (χ0n) is 16.3. The summed E-state index contributed by atoms with van der Waals surface area (Å²) >= 11 is 0. The molecule has 9 heteroatoms. The molecule has 0 radical (unpaired) electrons. The molecule has 0 aromatic heterocycles. The van der Waals surface area contributed by atoms with Crippen molar-refractivity contribution < 1.29 is 22.6 Å². The van der Waals surface area contributed by atoms with Crippen LogP contribution in [-0.4, -0.2) is 60.8 Å². The van der Waals surface area contributed by atoms with Gasteiger partial charge in [0.15, 0.2) is 17.5 Å². The highest BCUT2D eigenvalue weighted by Gasteiger charge is 2.13. The van der Waals surface area contributed by atoms with E-state index < -0.39 is 9.84 Å². The fourth-order valence-corrected chi connectivity index (χ4v) is 3.08. The second-order valence-electron chi connectivity index (χ2n) is 5.91. The van der Waals surface area contributed by atoms with Crippen LogP contribution >= 0.6 is 0 Å². The van der Waals surface area contributed by atoms with Gasteiger partial charge in [-0.3, -0.25) is 4.99 Å². The van der Waals surface area contributed by atoms with Crippen molar-refractivity contribution >= 4 is 15.8 Å². The number of hydrogen-bond donors (Lipinski definition) is 2. The first-order valence-electron chi connectivity index (χ1n) is 8.17. The smallest absolute Gasteiger partial charge is 0.191 e. The minimum Gasteiger partial charge on any atom is -0.496 e. The number of hydrogen-bond acceptors (Lipinski definition) is 6. The number of ether oxygens (including phenoxy) is 3. The van der Waals surface area contributed by atoms with Crippen molar-refractivity contribution in [3.8, 4) is 17.2 Å². The van der Waals surface area contributed by atoms with Crippen LogP contribution in [0, 0.1) is 0 Å². The number of methoxy groups -OCH3 is 3. The normalized spacial score (nSPS) is 13.1. The Balaban J connectivity index is 2.76. The molecule has 1 unspecified atom stereocenters. The minimum atomic E-state index is -2.98. The third-order valence-electron chi connectivity index (χ3n) is 3.76. The lowest BCUT2D eigenvalue weighted by atomic mass is 10.1. The maximum atomic E-state index is 11.3. The molecule has 1 rings (SSSR count). The Labute approximate surface area is 155 Å². The number of nitrogens with zero attached hydrogens (tertiary/aromatic N) is 1. The summed E-state index contributed by atoms with van der Waals surface area (Å²) < 4.78 is 38.6. The Hall–Kier alpha value is -2.16. The van der Waals surface area contributed by atoms with Crippen LogP contribution in [0.25, 0.3) is 0 Å². The number of nitrogens with one attached hydrogen (secondary N) is 2. The van der Waals surface area contributed by atoms with Gasteiger partial charge in [0.2, 0.25) is 0 Å². The molecule has 148 valence electrons. The van der Waals surface area contributed by atoms with Gasteiger partial charge >= 0.3 is 0 Å². The number of rotatable bonds is 9.